The smallest absolute Gasteiger partial charge is 0.241 e. The molecular formula is C15H22N2O4. The molecule has 6 nitrogen and oxygen atoms in total. The van der Waals surface area contributed by atoms with E-state index in [9.17, 15) is 4.79 Å². The Kier molecular flexibility index (Phi) is 5.83. The third-order valence-corrected chi connectivity index (χ3v) is 3.41. The van der Waals surface area contributed by atoms with Crippen molar-refractivity contribution in [2.45, 2.75) is 25.3 Å². The molecule has 0 saturated carbocycles. The third kappa shape index (κ3) is 4.34. The van der Waals surface area contributed by atoms with Gasteiger partial charge in [0.05, 0.1) is 19.8 Å². The molecule has 1 atom stereocenters. The van der Waals surface area contributed by atoms with Gasteiger partial charge in [-0.1, -0.05) is 6.42 Å². The maximum absolute atomic E-state index is 12.2. The Morgan fingerprint density at radius 2 is 2.29 bits per heavy atom. The largest absolute Gasteiger partial charge is 0.493 e. The number of ether oxygens (including phenoxy) is 2. The Bertz CT molecular complexity index is 473. The lowest BCUT2D eigenvalue weighted by molar-refractivity contribution is -0.118. The van der Waals surface area contributed by atoms with Crippen molar-refractivity contribution in [1.29, 1.82) is 0 Å². The van der Waals surface area contributed by atoms with Gasteiger partial charge in [-0.15, -0.1) is 0 Å². The normalized spacial score (nSPS) is 18.1. The summed E-state index contributed by atoms with van der Waals surface area (Å²) in [7, 11) is 1.55. The van der Waals surface area contributed by atoms with E-state index in [2.05, 4.69) is 10.6 Å². The van der Waals surface area contributed by atoms with Gasteiger partial charge in [-0.05, 0) is 31.5 Å². The van der Waals surface area contributed by atoms with Gasteiger partial charge in [-0.25, -0.2) is 0 Å². The third-order valence-electron chi connectivity index (χ3n) is 3.41. The summed E-state index contributed by atoms with van der Waals surface area (Å²) in [4.78, 5) is 12.2. The second-order valence-electron chi connectivity index (χ2n) is 4.93. The second-order valence-corrected chi connectivity index (χ2v) is 4.93. The maximum Gasteiger partial charge on any atom is 0.241 e. The van der Waals surface area contributed by atoms with E-state index in [-0.39, 0.29) is 25.2 Å². The van der Waals surface area contributed by atoms with Crippen LogP contribution in [0.15, 0.2) is 18.2 Å². The van der Waals surface area contributed by atoms with Crippen LogP contribution in [-0.4, -0.2) is 43.9 Å². The first kappa shape index (κ1) is 15.6. The molecule has 1 fully saturated rings. The number of carbonyl (C=O) groups excluding carboxylic acids is 1. The summed E-state index contributed by atoms with van der Waals surface area (Å²) in [6, 6.07) is 5.07. The van der Waals surface area contributed by atoms with Gasteiger partial charge >= 0.3 is 0 Å². The van der Waals surface area contributed by atoms with E-state index in [0.29, 0.717) is 17.2 Å². The van der Waals surface area contributed by atoms with Crippen LogP contribution in [0.3, 0.4) is 0 Å². The molecule has 3 N–H and O–H groups in total. The summed E-state index contributed by atoms with van der Waals surface area (Å²) in [5.41, 5.74) is 0.654. The van der Waals surface area contributed by atoms with E-state index in [1.165, 1.54) is 0 Å². The molecule has 1 aliphatic heterocycles. The number of piperidine rings is 1. The number of nitrogens with one attached hydrogen (secondary N) is 2. The van der Waals surface area contributed by atoms with E-state index < -0.39 is 0 Å². The van der Waals surface area contributed by atoms with Crippen molar-refractivity contribution in [1.82, 2.24) is 5.32 Å². The number of aliphatic hydroxyl groups is 1. The molecule has 0 spiro atoms. The first-order chi connectivity index (χ1) is 10.2. The number of aliphatic hydroxyl groups excluding tert-OH is 1. The summed E-state index contributed by atoms with van der Waals surface area (Å²) >= 11 is 0. The molecule has 21 heavy (non-hydrogen) atoms. The number of anilines is 1. The van der Waals surface area contributed by atoms with Gasteiger partial charge in [0.25, 0.3) is 0 Å². The standard InChI is InChI=1S/C15H22N2O4/c1-20-13-6-5-11(10-14(13)21-9-8-18)17-15(19)12-4-2-3-7-16-12/h5-6,10,12,16,18H,2-4,7-9H2,1H3,(H,17,19)/t12-/m1/s1. The van der Waals surface area contributed by atoms with Crippen LogP contribution in [0.5, 0.6) is 11.5 Å². The summed E-state index contributed by atoms with van der Waals surface area (Å²) < 4.78 is 10.6. The zero-order chi connectivity index (χ0) is 15.1. The molecule has 1 amide bonds. The average Bonchev–Trinajstić information content (AvgIpc) is 2.54. The van der Waals surface area contributed by atoms with E-state index >= 15 is 0 Å². The fourth-order valence-electron chi connectivity index (χ4n) is 2.33. The van der Waals surface area contributed by atoms with E-state index in [1.807, 2.05) is 0 Å². The second kappa shape index (κ2) is 7.85. The van der Waals surface area contributed by atoms with Gasteiger partial charge in [-0.2, -0.15) is 0 Å². The quantitative estimate of drug-likeness (QED) is 0.733. The predicted molar refractivity (Wildman–Crippen MR) is 79.8 cm³/mol. The predicted octanol–water partition coefficient (Wildman–Crippen LogP) is 1.15. The highest BCUT2D eigenvalue weighted by Gasteiger charge is 2.20. The van der Waals surface area contributed by atoms with Crippen molar-refractivity contribution in [3.63, 3.8) is 0 Å². The fourth-order valence-corrected chi connectivity index (χ4v) is 2.33. The van der Waals surface area contributed by atoms with Gasteiger partial charge in [0.15, 0.2) is 11.5 Å². The van der Waals surface area contributed by atoms with Crippen molar-refractivity contribution in [2.24, 2.45) is 0 Å². The number of rotatable bonds is 6. The van der Waals surface area contributed by atoms with Crippen molar-refractivity contribution in [3.05, 3.63) is 18.2 Å². The summed E-state index contributed by atoms with van der Waals surface area (Å²) in [6.07, 6.45) is 3.04. The number of methoxy groups -OCH3 is 1. The van der Waals surface area contributed by atoms with Crippen LogP contribution in [-0.2, 0) is 4.79 Å². The molecule has 1 aromatic carbocycles. The number of hydrogen-bond donors (Lipinski definition) is 3. The van der Waals surface area contributed by atoms with Gasteiger partial charge in [-0.3, -0.25) is 4.79 Å². The van der Waals surface area contributed by atoms with Crippen LogP contribution in [0.2, 0.25) is 0 Å². The van der Waals surface area contributed by atoms with E-state index in [1.54, 1.807) is 25.3 Å². The minimum Gasteiger partial charge on any atom is -0.493 e. The highest BCUT2D eigenvalue weighted by atomic mass is 16.5. The highest BCUT2D eigenvalue weighted by Crippen LogP contribution is 2.30. The molecule has 0 aliphatic carbocycles. The first-order valence-corrected chi connectivity index (χ1v) is 7.20. The minimum absolute atomic E-state index is 0.0343. The fraction of sp³-hybridized carbons (Fsp3) is 0.533. The molecule has 2 rings (SSSR count). The monoisotopic (exact) mass is 294 g/mol. The minimum atomic E-state index is -0.136. The molecule has 0 unspecified atom stereocenters. The Balaban J connectivity index is 2.03. The van der Waals surface area contributed by atoms with Crippen LogP contribution >= 0.6 is 0 Å². The van der Waals surface area contributed by atoms with Crippen LogP contribution in [0.4, 0.5) is 5.69 Å². The lowest BCUT2D eigenvalue weighted by Gasteiger charge is -2.22. The van der Waals surface area contributed by atoms with Crippen molar-refractivity contribution in [3.8, 4) is 11.5 Å². The van der Waals surface area contributed by atoms with Crippen LogP contribution in [0.1, 0.15) is 19.3 Å². The van der Waals surface area contributed by atoms with Gasteiger partial charge in [0.2, 0.25) is 5.91 Å². The van der Waals surface area contributed by atoms with Crippen molar-refractivity contribution < 1.29 is 19.4 Å². The number of amides is 1. The molecule has 1 aromatic rings. The summed E-state index contributed by atoms with van der Waals surface area (Å²) in [5.74, 6) is 1.03. The van der Waals surface area contributed by atoms with Crippen molar-refractivity contribution in [2.75, 3.05) is 32.2 Å². The molecule has 1 heterocycles. The molecule has 0 aromatic heterocycles. The van der Waals surface area contributed by atoms with E-state index in [0.717, 1.165) is 25.8 Å². The Labute approximate surface area is 124 Å². The lowest BCUT2D eigenvalue weighted by atomic mass is 10.0. The number of carbonyl (C=O) groups is 1. The zero-order valence-electron chi connectivity index (χ0n) is 12.2. The lowest BCUT2D eigenvalue weighted by Crippen LogP contribution is -2.43. The van der Waals surface area contributed by atoms with Crippen LogP contribution in [0, 0.1) is 0 Å². The first-order valence-electron chi connectivity index (χ1n) is 7.20. The van der Waals surface area contributed by atoms with E-state index in [4.69, 9.17) is 14.6 Å². The summed E-state index contributed by atoms with van der Waals surface area (Å²) in [6.45, 7) is 0.981. The van der Waals surface area contributed by atoms with Gasteiger partial charge in [0.1, 0.15) is 6.61 Å². The SMILES string of the molecule is COc1ccc(NC(=O)[C@H]2CCCCN2)cc1OCCO. The molecule has 6 heteroatoms. The number of benzene rings is 1. The van der Waals surface area contributed by atoms with Gasteiger partial charge in [0, 0.05) is 11.8 Å². The Morgan fingerprint density at radius 1 is 1.43 bits per heavy atom. The highest BCUT2D eigenvalue weighted by molar-refractivity contribution is 5.95. The number of hydrogen-bond acceptors (Lipinski definition) is 5. The average molecular weight is 294 g/mol. The maximum atomic E-state index is 12.2. The molecule has 0 bridgehead atoms. The van der Waals surface area contributed by atoms with Gasteiger partial charge < -0.3 is 25.2 Å². The van der Waals surface area contributed by atoms with Crippen LogP contribution < -0.4 is 20.1 Å². The zero-order valence-corrected chi connectivity index (χ0v) is 12.2. The topological polar surface area (TPSA) is 79.8 Å². The molecule has 116 valence electrons. The Morgan fingerprint density at radius 3 is 2.95 bits per heavy atom. The van der Waals surface area contributed by atoms with Crippen molar-refractivity contribution >= 4 is 11.6 Å². The molecule has 1 saturated heterocycles. The molecule has 1 aliphatic rings. The van der Waals surface area contributed by atoms with Crippen LogP contribution in [0.25, 0.3) is 0 Å². The molecule has 0 radical (unpaired) electrons. The molecular weight excluding hydrogens is 272 g/mol. The summed E-state index contributed by atoms with van der Waals surface area (Å²) in [5, 5.41) is 14.9. The Hall–Kier alpha value is -1.79.